The van der Waals surface area contributed by atoms with E-state index in [1.165, 1.54) is 43.0 Å². The van der Waals surface area contributed by atoms with Crippen LogP contribution in [0.2, 0.25) is 0 Å². The van der Waals surface area contributed by atoms with E-state index in [1.807, 2.05) is 0 Å². The topological polar surface area (TPSA) is 24.5 Å². The molecule has 0 amide bonds. The summed E-state index contributed by atoms with van der Waals surface area (Å²) in [5.41, 5.74) is 1.32. The molecule has 1 heterocycles. The van der Waals surface area contributed by atoms with Gasteiger partial charge in [0.25, 0.3) is 0 Å². The molecule has 0 unspecified atom stereocenters. The summed E-state index contributed by atoms with van der Waals surface area (Å²) in [5, 5.41) is 3.54. The molecule has 1 aliphatic heterocycles. The van der Waals surface area contributed by atoms with Crippen molar-refractivity contribution in [3.63, 3.8) is 0 Å². The highest BCUT2D eigenvalue weighted by Crippen LogP contribution is 2.20. The summed E-state index contributed by atoms with van der Waals surface area (Å²) in [5.74, 6) is 3.54. The molecule has 2 aliphatic rings. The van der Waals surface area contributed by atoms with Crippen molar-refractivity contribution in [2.24, 2.45) is 0 Å². The zero-order chi connectivity index (χ0) is 13.6. The Morgan fingerprint density at radius 3 is 2.90 bits per heavy atom. The van der Waals surface area contributed by atoms with Gasteiger partial charge < -0.3 is 10.1 Å². The number of hydrogen-bond acceptors (Lipinski definition) is 4. The van der Waals surface area contributed by atoms with E-state index in [9.17, 15) is 0 Å². The lowest BCUT2D eigenvalue weighted by atomic mass is 10.2. The minimum absolute atomic E-state index is 0.761. The monoisotopic (exact) mass is 292 g/mol. The third-order valence-electron chi connectivity index (χ3n) is 3.85. The minimum Gasteiger partial charge on any atom is -0.492 e. The lowest BCUT2D eigenvalue weighted by molar-refractivity contribution is 0.222. The van der Waals surface area contributed by atoms with Crippen LogP contribution < -0.4 is 10.1 Å². The van der Waals surface area contributed by atoms with Crippen molar-refractivity contribution in [1.29, 1.82) is 0 Å². The van der Waals surface area contributed by atoms with Gasteiger partial charge in [0.05, 0.1) is 0 Å². The molecule has 2 fully saturated rings. The maximum Gasteiger partial charge on any atom is 0.119 e. The first kappa shape index (κ1) is 14.2. The standard InChI is InChI=1S/C16H24N2OS/c1-2-14(13-17-15-4-5-15)12-16(3-1)19-9-6-18-7-10-20-11-8-18/h1-3,12,15,17H,4-11,13H2. The van der Waals surface area contributed by atoms with Gasteiger partial charge in [-0.2, -0.15) is 11.8 Å². The summed E-state index contributed by atoms with van der Waals surface area (Å²) < 4.78 is 5.90. The molecule has 110 valence electrons. The van der Waals surface area contributed by atoms with E-state index in [-0.39, 0.29) is 0 Å². The second kappa shape index (κ2) is 7.34. The molecule has 1 saturated heterocycles. The second-order valence-corrected chi connectivity index (χ2v) is 6.83. The Morgan fingerprint density at radius 2 is 2.10 bits per heavy atom. The molecule has 20 heavy (non-hydrogen) atoms. The van der Waals surface area contributed by atoms with Crippen LogP contribution in [0.4, 0.5) is 0 Å². The molecule has 1 aromatic carbocycles. The molecule has 0 atom stereocenters. The lowest BCUT2D eigenvalue weighted by Gasteiger charge is -2.25. The smallest absolute Gasteiger partial charge is 0.119 e. The number of hydrogen-bond donors (Lipinski definition) is 1. The Morgan fingerprint density at radius 1 is 1.25 bits per heavy atom. The first-order chi connectivity index (χ1) is 9.90. The first-order valence-corrected chi connectivity index (χ1v) is 8.81. The fourth-order valence-electron chi connectivity index (χ4n) is 2.41. The predicted molar refractivity (Wildman–Crippen MR) is 85.6 cm³/mol. The fourth-order valence-corrected chi connectivity index (χ4v) is 3.39. The lowest BCUT2D eigenvalue weighted by Crippen LogP contribution is -2.35. The van der Waals surface area contributed by atoms with E-state index >= 15 is 0 Å². The molecule has 0 bridgehead atoms. The van der Waals surface area contributed by atoms with Crippen LogP contribution in [0.15, 0.2) is 24.3 Å². The van der Waals surface area contributed by atoms with Crippen LogP contribution in [-0.4, -0.2) is 48.7 Å². The number of nitrogens with zero attached hydrogens (tertiary/aromatic N) is 1. The van der Waals surface area contributed by atoms with Crippen LogP contribution in [0.1, 0.15) is 18.4 Å². The van der Waals surface area contributed by atoms with Gasteiger partial charge in [-0.25, -0.2) is 0 Å². The van der Waals surface area contributed by atoms with Gasteiger partial charge in [0, 0.05) is 43.7 Å². The molecule has 4 heteroatoms. The van der Waals surface area contributed by atoms with E-state index in [0.29, 0.717) is 0 Å². The molecule has 3 nitrogen and oxygen atoms in total. The van der Waals surface area contributed by atoms with E-state index in [1.54, 1.807) is 0 Å². The molecule has 0 radical (unpaired) electrons. The van der Waals surface area contributed by atoms with Gasteiger partial charge in [0.2, 0.25) is 0 Å². The summed E-state index contributed by atoms with van der Waals surface area (Å²) in [7, 11) is 0. The molecule has 3 rings (SSSR count). The average molecular weight is 292 g/mol. The quantitative estimate of drug-likeness (QED) is 0.834. The van der Waals surface area contributed by atoms with Gasteiger partial charge in [-0.05, 0) is 30.5 Å². The maximum atomic E-state index is 5.90. The van der Waals surface area contributed by atoms with Gasteiger partial charge >= 0.3 is 0 Å². The molecular formula is C16H24N2OS. The summed E-state index contributed by atoms with van der Waals surface area (Å²) in [6.07, 6.45) is 2.68. The number of thioether (sulfide) groups is 1. The van der Waals surface area contributed by atoms with E-state index in [2.05, 4.69) is 46.2 Å². The molecule has 1 N–H and O–H groups in total. The van der Waals surface area contributed by atoms with Gasteiger partial charge in [-0.15, -0.1) is 0 Å². The number of rotatable bonds is 7. The Labute approximate surface area is 126 Å². The molecule has 1 aromatic rings. The van der Waals surface area contributed by atoms with Crippen LogP contribution >= 0.6 is 11.8 Å². The SMILES string of the molecule is c1cc(CNC2CC2)cc(OCCN2CCSCC2)c1. The van der Waals surface area contributed by atoms with Gasteiger partial charge in [-0.3, -0.25) is 4.90 Å². The second-order valence-electron chi connectivity index (χ2n) is 5.61. The fraction of sp³-hybridized carbons (Fsp3) is 0.625. The molecule has 0 spiro atoms. The van der Waals surface area contributed by atoms with Crippen molar-refractivity contribution in [3.8, 4) is 5.75 Å². The molecule has 0 aromatic heterocycles. The van der Waals surface area contributed by atoms with Crippen molar-refractivity contribution < 1.29 is 4.74 Å². The number of benzene rings is 1. The van der Waals surface area contributed by atoms with Crippen molar-refractivity contribution in [3.05, 3.63) is 29.8 Å². The maximum absolute atomic E-state index is 5.90. The number of ether oxygens (including phenoxy) is 1. The van der Waals surface area contributed by atoms with Crippen LogP contribution in [0.3, 0.4) is 0 Å². The zero-order valence-electron chi connectivity index (χ0n) is 12.0. The van der Waals surface area contributed by atoms with Crippen LogP contribution in [-0.2, 0) is 6.54 Å². The van der Waals surface area contributed by atoms with Crippen molar-refractivity contribution >= 4 is 11.8 Å². The van der Waals surface area contributed by atoms with E-state index < -0.39 is 0 Å². The summed E-state index contributed by atoms with van der Waals surface area (Å²) >= 11 is 2.05. The average Bonchev–Trinajstić information content (AvgIpc) is 3.31. The minimum atomic E-state index is 0.761. The van der Waals surface area contributed by atoms with Crippen molar-refractivity contribution in [2.45, 2.75) is 25.4 Å². The van der Waals surface area contributed by atoms with Gasteiger partial charge in [0.15, 0.2) is 0 Å². The largest absolute Gasteiger partial charge is 0.492 e. The molecule has 1 aliphatic carbocycles. The van der Waals surface area contributed by atoms with Gasteiger partial charge in [0.1, 0.15) is 12.4 Å². The predicted octanol–water partition coefficient (Wildman–Crippen LogP) is 2.37. The van der Waals surface area contributed by atoms with Crippen LogP contribution in [0.25, 0.3) is 0 Å². The molecule has 1 saturated carbocycles. The highest BCUT2D eigenvalue weighted by atomic mass is 32.2. The molecular weight excluding hydrogens is 268 g/mol. The zero-order valence-corrected chi connectivity index (χ0v) is 12.8. The van der Waals surface area contributed by atoms with E-state index in [0.717, 1.165) is 31.5 Å². The normalized spacial score (nSPS) is 20.0. The Hall–Kier alpha value is -0.710. The summed E-state index contributed by atoms with van der Waals surface area (Å²) in [4.78, 5) is 2.50. The van der Waals surface area contributed by atoms with Crippen molar-refractivity contribution in [1.82, 2.24) is 10.2 Å². The Balaban J connectivity index is 1.40. The van der Waals surface area contributed by atoms with E-state index in [4.69, 9.17) is 4.74 Å². The van der Waals surface area contributed by atoms with Gasteiger partial charge in [-0.1, -0.05) is 12.1 Å². The summed E-state index contributed by atoms with van der Waals surface area (Å²) in [6.45, 7) is 5.22. The Kier molecular flexibility index (Phi) is 5.23. The van der Waals surface area contributed by atoms with Crippen LogP contribution in [0.5, 0.6) is 5.75 Å². The highest BCUT2D eigenvalue weighted by molar-refractivity contribution is 7.99. The third-order valence-corrected chi connectivity index (χ3v) is 4.79. The van der Waals surface area contributed by atoms with Crippen molar-refractivity contribution in [2.75, 3.05) is 37.7 Å². The summed E-state index contributed by atoms with van der Waals surface area (Å²) in [6, 6.07) is 9.26. The highest BCUT2D eigenvalue weighted by Gasteiger charge is 2.19. The Bertz CT molecular complexity index is 417. The van der Waals surface area contributed by atoms with Crippen LogP contribution in [0, 0.1) is 0 Å². The third kappa shape index (κ3) is 4.69. The first-order valence-electron chi connectivity index (χ1n) is 7.65. The number of nitrogens with one attached hydrogen (secondary N) is 1.